The lowest BCUT2D eigenvalue weighted by molar-refractivity contribution is -0.161. The van der Waals surface area contributed by atoms with E-state index in [-0.39, 0.29) is 25.7 Å². The maximum atomic E-state index is 13.0. The third-order valence-electron chi connectivity index (χ3n) is 15.4. The normalized spacial score (nSPS) is 14.5. The lowest BCUT2D eigenvalue weighted by atomic mass is 9.99. The van der Waals surface area contributed by atoms with E-state index in [1.54, 1.807) is 0 Å². The van der Waals surface area contributed by atoms with E-state index in [1.165, 1.54) is 148 Å². The molecule has 0 aliphatic heterocycles. The van der Waals surface area contributed by atoms with E-state index in [0.29, 0.717) is 25.7 Å². The topological polar surface area (TPSA) is 237 Å². The van der Waals surface area contributed by atoms with Gasteiger partial charge in [-0.3, -0.25) is 37.3 Å². The summed E-state index contributed by atoms with van der Waals surface area (Å²) in [7, 11) is -9.88. The third-order valence-corrected chi connectivity index (χ3v) is 17.3. The number of hydrogen-bond acceptors (Lipinski definition) is 15. The predicted octanol–water partition coefficient (Wildman–Crippen LogP) is 18.2. The first-order valence-electron chi connectivity index (χ1n) is 34.2. The van der Waals surface area contributed by atoms with E-state index < -0.39 is 97.5 Å². The number of esters is 4. The number of aliphatic hydroxyl groups is 1. The first-order valence-corrected chi connectivity index (χ1v) is 37.2. The second kappa shape index (κ2) is 58.7. The van der Waals surface area contributed by atoms with E-state index in [9.17, 15) is 43.2 Å². The molecule has 84 heavy (non-hydrogen) atoms. The second-order valence-electron chi connectivity index (χ2n) is 23.7. The van der Waals surface area contributed by atoms with Crippen LogP contribution < -0.4 is 0 Å². The Hall–Kier alpha value is -1.94. The number of aliphatic hydroxyl groups excluding tert-OH is 1. The maximum Gasteiger partial charge on any atom is 0.472 e. The average Bonchev–Trinajstić information content (AvgIpc) is 3.61. The molecule has 0 aromatic carbocycles. The van der Waals surface area contributed by atoms with Crippen molar-refractivity contribution in [3.05, 3.63) is 0 Å². The van der Waals surface area contributed by atoms with Crippen LogP contribution >= 0.6 is 15.6 Å². The fraction of sp³-hybridized carbons (Fsp3) is 0.938. The summed E-state index contributed by atoms with van der Waals surface area (Å²) in [4.78, 5) is 72.0. The highest BCUT2D eigenvalue weighted by molar-refractivity contribution is 7.47. The quantitative estimate of drug-likeness (QED) is 0.0222. The number of carbonyl (C=O) groups excluding carboxylic acids is 4. The first kappa shape index (κ1) is 82.1. The van der Waals surface area contributed by atoms with Crippen LogP contribution in [0, 0.1) is 5.92 Å². The van der Waals surface area contributed by atoms with Gasteiger partial charge in [-0.05, 0) is 31.6 Å². The number of carbonyl (C=O) groups is 4. The van der Waals surface area contributed by atoms with Crippen LogP contribution in [-0.2, 0) is 65.4 Å². The van der Waals surface area contributed by atoms with Crippen molar-refractivity contribution in [2.45, 2.75) is 348 Å². The monoisotopic (exact) mass is 1240 g/mol. The van der Waals surface area contributed by atoms with Crippen molar-refractivity contribution in [2.75, 3.05) is 39.6 Å². The molecule has 0 amide bonds. The minimum atomic E-state index is -4.94. The molecule has 0 aromatic heterocycles. The zero-order valence-corrected chi connectivity index (χ0v) is 55.8. The summed E-state index contributed by atoms with van der Waals surface area (Å²) in [6.45, 7) is 7.16. The Morgan fingerprint density at radius 1 is 0.333 bits per heavy atom. The number of rotatable bonds is 65. The van der Waals surface area contributed by atoms with Crippen LogP contribution in [0.4, 0.5) is 0 Å². The van der Waals surface area contributed by atoms with E-state index >= 15 is 0 Å². The fourth-order valence-electron chi connectivity index (χ4n) is 9.73. The molecular formula is C65H126O17P2. The van der Waals surface area contributed by atoms with E-state index in [1.807, 2.05) is 0 Å². The van der Waals surface area contributed by atoms with Gasteiger partial charge in [0, 0.05) is 25.7 Å². The Morgan fingerprint density at radius 2 is 0.571 bits per heavy atom. The highest BCUT2D eigenvalue weighted by Gasteiger charge is 2.30. The molecule has 0 heterocycles. The van der Waals surface area contributed by atoms with Crippen molar-refractivity contribution >= 4 is 39.5 Å². The molecule has 6 atom stereocenters. The van der Waals surface area contributed by atoms with Crippen LogP contribution in [0.3, 0.4) is 0 Å². The lowest BCUT2D eigenvalue weighted by Crippen LogP contribution is -2.30. The molecule has 3 N–H and O–H groups in total. The van der Waals surface area contributed by atoms with Gasteiger partial charge in [0.15, 0.2) is 12.2 Å². The molecule has 0 spiro atoms. The van der Waals surface area contributed by atoms with Crippen molar-refractivity contribution < 1.29 is 80.2 Å². The molecule has 0 radical (unpaired) electrons. The standard InChI is InChI=1S/C65H126O17P2/c1-6-10-13-16-18-20-26-31-34-39-44-49-63(68)76-55-61(82-65(70)51-46-41-36-32-28-25-23-22-24-27-29-33-38-42-47-58(5)9-4)57-80-84(73,74)78-53-59(66)52-77-83(71,72)79-56-60(54-75-62(67)48-43-37-15-12-8-3)81-64(69)50-45-40-35-30-21-19-17-14-11-7-2/h58-61,66H,6-57H2,1-5H3,(H,71,72)(H,73,74)/t58?,59-,60+,61+/m0/s1. The SMILES string of the molecule is CCCCCCCCCCCCCC(=O)OC[C@H](COP(=O)(O)OC[C@@H](O)COP(=O)(O)OC[C@@H](COC(=O)CCCCCCC)OC(=O)CCCCCCCCCCCC)OC(=O)CCCCCCCCCCCCCCCCC(C)CC. The summed E-state index contributed by atoms with van der Waals surface area (Å²) in [5.41, 5.74) is 0. The van der Waals surface area contributed by atoms with Crippen LogP contribution in [0.25, 0.3) is 0 Å². The largest absolute Gasteiger partial charge is 0.472 e. The van der Waals surface area contributed by atoms with Gasteiger partial charge in [0.1, 0.15) is 19.3 Å². The van der Waals surface area contributed by atoms with Gasteiger partial charge < -0.3 is 33.8 Å². The van der Waals surface area contributed by atoms with Crippen LogP contribution in [0.5, 0.6) is 0 Å². The highest BCUT2D eigenvalue weighted by Crippen LogP contribution is 2.45. The number of hydrogen-bond donors (Lipinski definition) is 3. The number of phosphoric ester groups is 2. The Balaban J connectivity index is 5.14. The van der Waals surface area contributed by atoms with Crippen molar-refractivity contribution in [3.63, 3.8) is 0 Å². The van der Waals surface area contributed by atoms with Crippen molar-refractivity contribution in [1.29, 1.82) is 0 Å². The summed E-state index contributed by atoms with van der Waals surface area (Å²) in [5.74, 6) is -1.30. The van der Waals surface area contributed by atoms with E-state index in [0.717, 1.165) is 102 Å². The van der Waals surface area contributed by atoms with Crippen molar-refractivity contribution in [3.8, 4) is 0 Å². The molecule has 0 bridgehead atoms. The van der Waals surface area contributed by atoms with Gasteiger partial charge in [-0.1, -0.05) is 279 Å². The van der Waals surface area contributed by atoms with Gasteiger partial charge in [-0.15, -0.1) is 0 Å². The molecule has 0 fully saturated rings. The number of unbranched alkanes of at least 4 members (excludes halogenated alkanes) is 36. The smallest absolute Gasteiger partial charge is 0.462 e. The minimum Gasteiger partial charge on any atom is -0.462 e. The Labute approximate surface area is 511 Å². The van der Waals surface area contributed by atoms with Crippen LogP contribution in [-0.4, -0.2) is 96.7 Å². The molecule has 0 aliphatic carbocycles. The van der Waals surface area contributed by atoms with Gasteiger partial charge in [0.05, 0.1) is 26.4 Å². The number of ether oxygens (including phenoxy) is 4. The van der Waals surface area contributed by atoms with Crippen molar-refractivity contribution in [2.24, 2.45) is 5.92 Å². The lowest BCUT2D eigenvalue weighted by Gasteiger charge is -2.21. The van der Waals surface area contributed by atoms with Gasteiger partial charge >= 0.3 is 39.5 Å². The van der Waals surface area contributed by atoms with Gasteiger partial charge in [0.25, 0.3) is 0 Å². The van der Waals surface area contributed by atoms with Crippen molar-refractivity contribution in [1.82, 2.24) is 0 Å². The van der Waals surface area contributed by atoms with Gasteiger partial charge in [0.2, 0.25) is 0 Å². The van der Waals surface area contributed by atoms with Crippen LogP contribution in [0.2, 0.25) is 0 Å². The highest BCUT2D eigenvalue weighted by atomic mass is 31.2. The summed E-state index contributed by atoms with van der Waals surface area (Å²) in [6, 6.07) is 0. The molecule has 0 saturated heterocycles. The molecule has 0 aromatic rings. The molecule has 19 heteroatoms. The first-order chi connectivity index (χ1) is 40.6. The summed E-state index contributed by atoms with van der Waals surface area (Å²) in [5, 5.41) is 10.5. The second-order valence-corrected chi connectivity index (χ2v) is 26.7. The predicted molar refractivity (Wildman–Crippen MR) is 335 cm³/mol. The Kier molecular flexibility index (Phi) is 57.4. The molecule has 0 saturated carbocycles. The molecule has 3 unspecified atom stereocenters. The third kappa shape index (κ3) is 57.8. The zero-order valence-electron chi connectivity index (χ0n) is 54.0. The van der Waals surface area contributed by atoms with Crippen LogP contribution in [0.15, 0.2) is 0 Å². The van der Waals surface area contributed by atoms with E-state index in [4.69, 9.17) is 37.0 Å². The molecule has 17 nitrogen and oxygen atoms in total. The molecular weight excluding hydrogens is 1110 g/mol. The Bertz CT molecular complexity index is 1640. The zero-order chi connectivity index (χ0) is 62.0. The minimum absolute atomic E-state index is 0.106. The molecule has 0 rings (SSSR count). The van der Waals surface area contributed by atoms with Gasteiger partial charge in [-0.25, -0.2) is 9.13 Å². The molecule has 498 valence electrons. The average molecular weight is 1240 g/mol. The summed E-state index contributed by atoms with van der Waals surface area (Å²) >= 11 is 0. The fourth-order valence-corrected chi connectivity index (χ4v) is 11.3. The Morgan fingerprint density at radius 3 is 0.845 bits per heavy atom. The summed E-state index contributed by atoms with van der Waals surface area (Å²) < 4.78 is 67.8. The summed E-state index contributed by atoms with van der Waals surface area (Å²) in [6.07, 6.45) is 43.3. The van der Waals surface area contributed by atoms with E-state index in [2.05, 4.69) is 34.6 Å². The molecule has 0 aliphatic rings. The van der Waals surface area contributed by atoms with Gasteiger partial charge in [-0.2, -0.15) is 0 Å². The maximum absolute atomic E-state index is 13.0. The van der Waals surface area contributed by atoms with Crippen LogP contribution in [0.1, 0.15) is 330 Å². The number of phosphoric acid groups is 2.